The van der Waals surface area contributed by atoms with Crippen LogP contribution < -0.4 is 4.74 Å². The van der Waals surface area contributed by atoms with E-state index in [1.807, 2.05) is 12.1 Å². The van der Waals surface area contributed by atoms with Crippen LogP contribution in [0.2, 0.25) is 0 Å². The van der Waals surface area contributed by atoms with Gasteiger partial charge >= 0.3 is 6.09 Å². The molecule has 1 saturated heterocycles. The third kappa shape index (κ3) is 4.48. The predicted octanol–water partition coefficient (Wildman–Crippen LogP) is 3.23. The average molecular weight is 399 g/mol. The molecule has 29 heavy (non-hydrogen) atoms. The fourth-order valence-electron chi connectivity index (χ4n) is 3.37. The molecule has 1 atom stereocenters. The van der Waals surface area contributed by atoms with Gasteiger partial charge in [-0.3, -0.25) is 9.69 Å². The van der Waals surface area contributed by atoms with Crippen LogP contribution in [0.1, 0.15) is 29.8 Å². The second-order valence-electron chi connectivity index (χ2n) is 7.57. The zero-order valence-corrected chi connectivity index (χ0v) is 17.0. The number of benzene rings is 1. The van der Waals surface area contributed by atoms with Gasteiger partial charge in [0, 0.05) is 20.3 Å². The standard InChI is InChI=1S/C21H25N3O5/c1-21(2)24(20(26)27)15(13-28-21)12-14-7-9-16(10-8-14)29-18-17(6-5-11-22-18)19(25)23(3)4/h5-11,15H,12-13H2,1-4H3,(H,26,27). The Bertz CT molecular complexity index is 895. The van der Waals surface area contributed by atoms with E-state index in [0.29, 0.717) is 24.3 Å². The Balaban J connectivity index is 1.72. The summed E-state index contributed by atoms with van der Waals surface area (Å²) < 4.78 is 11.4. The fourth-order valence-corrected chi connectivity index (χ4v) is 3.37. The number of aromatic nitrogens is 1. The first kappa shape index (κ1) is 20.6. The van der Waals surface area contributed by atoms with Crippen molar-refractivity contribution in [3.63, 3.8) is 0 Å². The normalized spacial score (nSPS) is 17.8. The number of carbonyl (C=O) groups is 2. The third-order valence-corrected chi connectivity index (χ3v) is 4.80. The van der Waals surface area contributed by atoms with Crippen molar-refractivity contribution in [1.29, 1.82) is 0 Å². The van der Waals surface area contributed by atoms with E-state index >= 15 is 0 Å². The van der Waals surface area contributed by atoms with Crippen molar-refractivity contribution in [3.8, 4) is 11.6 Å². The monoisotopic (exact) mass is 399 g/mol. The second-order valence-corrected chi connectivity index (χ2v) is 7.57. The molecular weight excluding hydrogens is 374 g/mol. The van der Waals surface area contributed by atoms with Gasteiger partial charge in [0.1, 0.15) is 17.0 Å². The van der Waals surface area contributed by atoms with Gasteiger partial charge < -0.3 is 19.5 Å². The summed E-state index contributed by atoms with van der Waals surface area (Å²) in [6.45, 7) is 3.84. The SMILES string of the molecule is CN(C)C(=O)c1cccnc1Oc1ccc(CC2COC(C)(C)N2C(=O)O)cc1. The van der Waals surface area contributed by atoms with E-state index in [-0.39, 0.29) is 17.8 Å². The Kier molecular flexibility index (Phi) is 5.74. The minimum atomic E-state index is -0.995. The van der Waals surface area contributed by atoms with E-state index in [1.54, 1.807) is 58.4 Å². The van der Waals surface area contributed by atoms with Crippen LogP contribution in [0.25, 0.3) is 0 Å². The van der Waals surface area contributed by atoms with E-state index in [4.69, 9.17) is 9.47 Å². The van der Waals surface area contributed by atoms with Gasteiger partial charge in [-0.25, -0.2) is 9.78 Å². The smallest absolute Gasteiger partial charge is 0.409 e. The maximum absolute atomic E-state index is 12.3. The lowest BCUT2D eigenvalue weighted by Crippen LogP contribution is -2.47. The Morgan fingerprint density at radius 3 is 2.59 bits per heavy atom. The van der Waals surface area contributed by atoms with Crippen molar-refractivity contribution in [3.05, 3.63) is 53.7 Å². The zero-order valence-electron chi connectivity index (χ0n) is 17.0. The number of hydrogen-bond acceptors (Lipinski definition) is 5. The number of carboxylic acid groups (broad SMARTS) is 1. The second kappa shape index (κ2) is 8.08. The number of amides is 2. The van der Waals surface area contributed by atoms with Crippen LogP contribution in [-0.2, 0) is 11.2 Å². The summed E-state index contributed by atoms with van der Waals surface area (Å²) in [5.41, 5.74) is 0.498. The Morgan fingerprint density at radius 2 is 1.97 bits per heavy atom. The largest absolute Gasteiger partial charge is 0.465 e. The minimum absolute atomic E-state index is 0.192. The first-order valence-electron chi connectivity index (χ1n) is 9.28. The van der Waals surface area contributed by atoms with Gasteiger partial charge in [0.2, 0.25) is 5.88 Å². The molecule has 2 heterocycles. The van der Waals surface area contributed by atoms with Gasteiger partial charge in [-0.05, 0) is 50.1 Å². The molecule has 1 aromatic heterocycles. The predicted molar refractivity (Wildman–Crippen MR) is 106 cm³/mol. The Labute approximate surface area is 169 Å². The van der Waals surface area contributed by atoms with Gasteiger partial charge in [-0.1, -0.05) is 12.1 Å². The molecule has 0 spiro atoms. The van der Waals surface area contributed by atoms with Gasteiger partial charge in [0.15, 0.2) is 0 Å². The highest BCUT2D eigenvalue weighted by Crippen LogP contribution is 2.30. The summed E-state index contributed by atoms with van der Waals surface area (Å²) in [6, 6.07) is 10.4. The van der Waals surface area contributed by atoms with Crippen LogP contribution in [0, 0.1) is 0 Å². The number of rotatable bonds is 5. The van der Waals surface area contributed by atoms with Crippen molar-refractivity contribution in [2.45, 2.75) is 32.0 Å². The highest BCUT2D eigenvalue weighted by Gasteiger charge is 2.43. The van der Waals surface area contributed by atoms with Crippen LogP contribution in [0.3, 0.4) is 0 Å². The molecule has 1 aromatic carbocycles. The lowest BCUT2D eigenvalue weighted by molar-refractivity contribution is -0.0419. The van der Waals surface area contributed by atoms with Crippen LogP contribution >= 0.6 is 0 Å². The van der Waals surface area contributed by atoms with Gasteiger partial charge in [-0.15, -0.1) is 0 Å². The van der Waals surface area contributed by atoms with Crippen molar-refractivity contribution in [2.75, 3.05) is 20.7 Å². The van der Waals surface area contributed by atoms with Crippen molar-refractivity contribution in [2.24, 2.45) is 0 Å². The summed E-state index contributed by atoms with van der Waals surface area (Å²) in [7, 11) is 3.34. The first-order chi connectivity index (χ1) is 13.7. The summed E-state index contributed by atoms with van der Waals surface area (Å²) in [5.74, 6) is 0.586. The van der Waals surface area contributed by atoms with E-state index < -0.39 is 11.8 Å². The van der Waals surface area contributed by atoms with E-state index in [0.717, 1.165) is 5.56 Å². The van der Waals surface area contributed by atoms with Crippen molar-refractivity contribution in [1.82, 2.24) is 14.8 Å². The van der Waals surface area contributed by atoms with E-state index in [1.165, 1.54) is 9.80 Å². The molecule has 1 N–H and O–H groups in total. The maximum atomic E-state index is 12.3. The highest BCUT2D eigenvalue weighted by atomic mass is 16.5. The Hall–Kier alpha value is -3.13. The van der Waals surface area contributed by atoms with Crippen LogP contribution in [0.15, 0.2) is 42.6 Å². The van der Waals surface area contributed by atoms with E-state index in [9.17, 15) is 14.7 Å². The number of nitrogens with zero attached hydrogens (tertiary/aromatic N) is 3. The lowest BCUT2D eigenvalue weighted by atomic mass is 10.0. The van der Waals surface area contributed by atoms with Crippen LogP contribution in [0.5, 0.6) is 11.6 Å². The fraction of sp³-hybridized carbons (Fsp3) is 0.381. The molecule has 0 aliphatic carbocycles. The van der Waals surface area contributed by atoms with Gasteiger partial charge in [0.25, 0.3) is 5.91 Å². The summed E-state index contributed by atoms with van der Waals surface area (Å²) in [5, 5.41) is 9.50. The molecule has 1 unspecified atom stereocenters. The quantitative estimate of drug-likeness (QED) is 0.830. The van der Waals surface area contributed by atoms with Gasteiger partial charge in [-0.2, -0.15) is 0 Å². The topological polar surface area (TPSA) is 92.2 Å². The summed E-state index contributed by atoms with van der Waals surface area (Å²) in [6.07, 6.45) is 1.10. The number of carbonyl (C=O) groups excluding carboxylic acids is 1. The maximum Gasteiger partial charge on any atom is 0.409 e. The molecule has 1 fully saturated rings. The number of ether oxygens (including phenoxy) is 2. The third-order valence-electron chi connectivity index (χ3n) is 4.80. The highest BCUT2D eigenvalue weighted by molar-refractivity contribution is 5.96. The molecular formula is C21H25N3O5. The summed E-state index contributed by atoms with van der Waals surface area (Å²) >= 11 is 0. The minimum Gasteiger partial charge on any atom is -0.465 e. The average Bonchev–Trinajstić information content (AvgIpc) is 2.97. The molecule has 0 radical (unpaired) electrons. The van der Waals surface area contributed by atoms with E-state index in [2.05, 4.69) is 4.98 Å². The molecule has 2 amide bonds. The molecule has 8 heteroatoms. The molecule has 154 valence electrons. The number of hydrogen-bond donors (Lipinski definition) is 1. The van der Waals surface area contributed by atoms with Crippen LogP contribution in [0.4, 0.5) is 4.79 Å². The van der Waals surface area contributed by atoms with Crippen molar-refractivity contribution >= 4 is 12.0 Å². The molecule has 1 aliphatic heterocycles. The Morgan fingerprint density at radius 1 is 1.28 bits per heavy atom. The molecule has 2 aromatic rings. The molecule has 1 aliphatic rings. The first-order valence-corrected chi connectivity index (χ1v) is 9.28. The van der Waals surface area contributed by atoms with Crippen molar-refractivity contribution < 1.29 is 24.2 Å². The molecule has 8 nitrogen and oxygen atoms in total. The summed E-state index contributed by atoms with van der Waals surface area (Å²) in [4.78, 5) is 30.9. The molecule has 0 saturated carbocycles. The van der Waals surface area contributed by atoms with Gasteiger partial charge in [0.05, 0.1) is 12.6 Å². The molecule has 3 rings (SSSR count). The zero-order chi connectivity index (χ0) is 21.2. The lowest BCUT2D eigenvalue weighted by Gasteiger charge is -2.31. The van der Waals surface area contributed by atoms with Crippen LogP contribution in [-0.4, -0.2) is 64.4 Å². The molecule has 0 bridgehead atoms. The number of pyridine rings is 1.